The number of fused-ring (bicyclic) bond motifs is 3. The lowest BCUT2D eigenvalue weighted by Gasteiger charge is -2.34. The maximum absolute atomic E-state index is 2.38. The molecule has 0 spiro atoms. The second-order valence-electron chi connectivity index (χ2n) is 4.90. The second kappa shape index (κ2) is 3.63. The van der Waals surface area contributed by atoms with Gasteiger partial charge in [0.1, 0.15) is 0 Å². The lowest BCUT2D eigenvalue weighted by atomic mass is 9.94. The topological polar surface area (TPSA) is 3.24 Å². The Hall–Kier alpha value is -1.76. The minimum Gasteiger partial charge on any atom is -0.367 e. The summed E-state index contributed by atoms with van der Waals surface area (Å²) in [5.74, 6) is 0. The highest BCUT2D eigenvalue weighted by Gasteiger charge is 2.21. The first-order valence-electron chi connectivity index (χ1n) is 6.11. The molecule has 1 aliphatic rings. The van der Waals surface area contributed by atoms with E-state index in [4.69, 9.17) is 0 Å². The Labute approximate surface area is 102 Å². The molecule has 0 aliphatic carbocycles. The minimum absolute atomic E-state index is 0.480. The van der Waals surface area contributed by atoms with Gasteiger partial charge in [-0.2, -0.15) is 0 Å². The summed E-state index contributed by atoms with van der Waals surface area (Å²) in [6, 6.07) is 13.5. The monoisotopic (exact) mass is 223 g/mol. The summed E-state index contributed by atoms with van der Waals surface area (Å²) in [6.45, 7) is 4.47. The zero-order valence-corrected chi connectivity index (χ0v) is 10.6. The molecule has 0 N–H and O–H groups in total. The number of anilines is 1. The fourth-order valence-electron chi connectivity index (χ4n) is 2.65. The van der Waals surface area contributed by atoms with E-state index in [0.29, 0.717) is 6.04 Å². The highest BCUT2D eigenvalue weighted by atomic mass is 15.1. The quantitative estimate of drug-likeness (QED) is 0.650. The Bertz CT molecular complexity index is 610. The largest absolute Gasteiger partial charge is 0.367 e. The minimum atomic E-state index is 0.480. The molecular formula is C16H17N. The van der Waals surface area contributed by atoms with Gasteiger partial charge in [0.25, 0.3) is 0 Å². The number of hydrogen-bond acceptors (Lipinski definition) is 1. The molecule has 1 nitrogen and oxygen atoms in total. The van der Waals surface area contributed by atoms with Crippen molar-refractivity contribution in [2.45, 2.75) is 19.9 Å². The fraction of sp³-hybridized carbons (Fsp3) is 0.250. The van der Waals surface area contributed by atoms with E-state index in [1.165, 1.54) is 27.6 Å². The van der Waals surface area contributed by atoms with Crippen molar-refractivity contribution in [2.24, 2.45) is 0 Å². The number of hydrogen-bond donors (Lipinski definition) is 0. The summed E-state index contributed by atoms with van der Waals surface area (Å²) in [5, 5.41) is 2.67. The Kier molecular flexibility index (Phi) is 2.22. The molecule has 1 heterocycles. The van der Waals surface area contributed by atoms with E-state index in [1.807, 2.05) is 0 Å². The molecule has 86 valence electrons. The predicted octanol–water partition coefficient (Wildman–Crippen LogP) is 4.08. The summed E-state index contributed by atoms with van der Waals surface area (Å²) in [4.78, 5) is 2.38. The van der Waals surface area contributed by atoms with Crippen LogP contribution in [-0.2, 0) is 0 Å². The van der Waals surface area contributed by atoms with Gasteiger partial charge in [-0.25, -0.2) is 0 Å². The standard InChI is InChI=1S/C16H17N/c1-11-10-14-9-8-13-6-4-5-7-15(13)16(14)17(3)12(11)2/h4-10,12H,1-3H3. The van der Waals surface area contributed by atoms with Crippen molar-refractivity contribution in [3.05, 3.63) is 47.5 Å². The molecule has 3 rings (SSSR count). The van der Waals surface area contributed by atoms with Crippen LogP contribution in [0.5, 0.6) is 0 Å². The van der Waals surface area contributed by atoms with Gasteiger partial charge >= 0.3 is 0 Å². The molecule has 0 saturated heterocycles. The molecule has 0 saturated carbocycles. The summed E-state index contributed by atoms with van der Waals surface area (Å²) in [6.07, 6.45) is 2.31. The number of rotatable bonds is 0. The highest BCUT2D eigenvalue weighted by molar-refractivity contribution is 5.99. The Balaban J connectivity index is 2.37. The van der Waals surface area contributed by atoms with Gasteiger partial charge in [0.2, 0.25) is 0 Å². The van der Waals surface area contributed by atoms with E-state index < -0.39 is 0 Å². The molecule has 2 aromatic carbocycles. The average molecular weight is 223 g/mol. The van der Waals surface area contributed by atoms with Crippen molar-refractivity contribution in [1.82, 2.24) is 0 Å². The van der Waals surface area contributed by atoms with Crippen LogP contribution >= 0.6 is 0 Å². The van der Waals surface area contributed by atoms with Crippen LogP contribution < -0.4 is 4.90 Å². The molecule has 1 heteroatoms. The van der Waals surface area contributed by atoms with Gasteiger partial charge in [-0.05, 0) is 24.8 Å². The third-order valence-corrected chi connectivity index (χ3v) is 3.91. The van der Waals surface area contributed by atoms with Crippen molar-refractivity contribution in [3.63, 3.8) is 0 Å². The van der Waals surface area contributed by atoms with Gasteiger partial charge in [-0.1, -0.05) is 48.0 Å². The maximum Gasteiger partial charge on any atom is 0.0521 e. The van der Waals surface area contributed by atoms with Crippen LogP contribution in [0.4, 0.5) is 5.69 Å². The van der Waals surface area contributed by atoms with E-state index in [0.717, 1.165) is 0 Å². The molecule has 2 aromatic rings. The number of nitrogens with zero attached hydrogens (tertiary/aromatic N) is 1. The van der Waals surface area contributed by atoms with Gasteiger partial charge in [-0.15, -0.1) is 0 Å². The van der Waals surface area contributed by atoms with Gasteiger partial charge < -0.3 is 4.90 Å². The molecule has 1 aliphatic heterocycles. The lowest BCUT2D eigenvalue weighted by Crippen LogP contribution is -2.32. The van der Waals surface area contributed by atoms with Crippen LogP contribution in [0.1, 0.15) is 19.4 Å². The zero-order chi connectivity index (χ0) is 12.0. The average Bonchev–Trinajstić information content (AvgIpc) is 2.35. The molecule has 1 unspecified atom stereocenters. The van der Waals surface area contributed by atoms with Crippen LogP contribution in [0.2, 0.25) is 0 Å². The van der Waals surface area contributed by atoms with Crippen molar-refractivity contribution in [3.8, 4) is 0 Å². The molecule has 0 amide bonds. The van der Waals surface area contributed by atoms with E-state index in [-0.39, 0.29) is 0 Å². The third kappa shape index (κ3) is 1.46. The smallest absolute Gasteiger partial charge is 0.0521 e. The number of benzene rings is 2. The first-order chi connectivity index (χ1) is 8.18. The van der Waals surface area contributed by atoms with Crippen LogP contribution in [0, 0.1) is 0 Å². The van der Waals surface area contributed by atoms with Gasteiger partial charge in [0.15, 0.2) is 0 Å². The lowest BCUT2D eigenvalue weighted by molar-refractivity contribution is 0.777. The van der Waals surface area contributed by atoms with E-state index >= 15 is 0 Å². The molecule has 0 fully saturated rings. The van der Waals surface area contributed by atoms with Gasteiger partial charge in [-0.3, -0.25) is 0 Å². The highest BCUT2D eigenvalue weighted by Crippen LogP contribution is 2.37. The normalized spacial score (nSPS) is 19.1. The van der Waals surface area contributed by atoms with Crippen LogP contribution in [-0.4, -0.2) is 13.1 Å². The third-order valence-electron chi connectivity index (χ3n) is 3.91. The number of likely N-dealkylation sites (N-methyl/N-ethyl adjacent to an activating group) is 1. The van der Waals surface area contributed by atoms with Crippen LogP contribution in [0.3, 0.4) is 0 Å². The summed E-state index contributed by atoms with van der Waals surface area (Å²) in [5.41, 5.74) is 4.12. The fourth-order valence-corrected chi connectivity index (χ4v) is 2.65. The van der Waals surface area contributed by atoms with E-state index in [1.54, 1.807) is 0 Å². The van der Waals surface area contributed by atoms with Gasteiger partial charge in [0.05, 0.1) is 5.69 Å². The molecular weight excluding hydrogens is 206 g/mol. The predicted molar refractivity (Wildman–Crippen MR) is 75.5 cm³/mol. The van der Waals surface area contributed by atoms with Crippen LogP contribution in [0.25, 0.3) is 16.8 Å². The van der Waals surface area contributed by atoms with Crippen molar-refractivity contribution < 1.29 is 0 Å². The first kappa shape index (κ1) is 10.4. The summed E-state index contributed by atoms with van der Waals surface area (Å²) in [7, 11) is 2.19. The summed E-state index contributed by atoms with van der Waals surface area (Å²) < 4.78 is 0. The Morgan fingerprint density at radius 1 is 1.06 bits per heavy atom. The van der Waals surface area contributed by atoms with Crippen molar-refractivity contribution in [2.75, 3.05) is 11.9 Å². The molecule has 17 heavy (non-hydrogen) atoms. The second-order valence-corrected chi connectivity index (χ2v) is 4.90. The Morgan fingerprint density at radius 2 is 1.82 bits per heavy atom. The van der Waals surface area contributed by atoms with Crippen LogP contribution in [0.15, 0.2) is 42.0 Å². The SMILES string of the molecule is CC1=Cc2ccc3ccccc3c2N(C)C1C. The summed E-state index contributed by atoms with van der Waals surface area (Å²) >= 11 is 0. The first-order valence-corrected chi connectivity index (χ1v) is 6.11. The van der Waals surface area contributed by atoms with E-state index in [2.05, 4.69) is 68.3 Å². The zero-order valence-electron chi connectivity index (χ0n) is 10.6. The van der Waals surface area contributed by atoms with Crippen molar-refractivity contribution >= 4 is 22.5 Å². The van der Waals surface area contributed by atoms with Gasteiger partial charge in [0, 0.05) is 18.5 Å². The molecule has 1 atom stereocenters. The molecule has 0 bridgehead atoms. The Morgan fingerprint density at radius 3 is 2.65 bits per heavy atom. The maximum atomic E-state index is 2.38. The van der Waals surface area contributed by atoms with Crippen molar-refractivity contribution in [1.29, 1.82) is 0 Å². The molecule has 0 aromatic heterocycles. The molecule has 0 radical (unpaired) electrons. The van der Waals surface area contributed by atoms with E-state index in [9.17, 15) is 0 Å².